The van der Waals surface area contributed by atoms with Gasteiger partial charge in [-0.15, -0.1) is 0 Å². The molecule has 3 rings (SSSR count). The standard InChI is InChI=1S/C16H20N3O8P/c17-14-9(8-4-2-1-3-5-8)6-19(16(23)18-14)15-12(22)11(21)13(27-15)10(20)7-28(24,25)26/h1-6,10-13,15,20-22H,7H2,(H2,17,18,23)(H2,24,25,26)/t10-,11+,12-,13-,15-/m1/s1. The molecule has 1 aliphatic heterocycles. The summed E-state index contributed by atoms with van der Waals surface area (Å²) >= 11 is 0. The summed E-state index contributed by atoms with van der Waals surface area (Å²) in [6.07, 6.45) is -7.72. The van der Waals surface area contributed by atoms with Gasteiger partial charge in [0.2, 0.25) is 0 Å². The Morgan fingerprint density at radius 2 is 1.86 bits per heavy atom. The number of nitrogens with zero attached hydrogens (tertiary/aromatic N) is 2. The highest BCUT2D eigenvalue weighted by Gasteiger charge is 2.48. The summed E-state index contributed by atoms with van der Waals surface area (Å²) in [6, 6.07) is 8.76. The Labute approximate surface area is 158 Å². The van der Waals surface area contributed by atoms with Crippen molar-refractivity contribution in [2.45, 2.75) is 30.6 Å². The second-order valence-corrected chi connectivity index (χ2v) is 8.18. The van der Waals surface area contributed by atoms with E-state index in [1.54, 1.807) is 30.3 Å². The average molecular weight is 413 g/mol. The number of nitrogens with two attached hydrogens (primary N) is 1. The number of ether oxygens (including phenoxy) is 1. The highest BCUT2D eigenvalue weighted by atomic mass is 31.2. The smallest absolute Gasteiger partial charge is 0.351 e. The van der Waals surface area contributed by atoms with Gasteiger partial charge in [-0.05, 0) is 5.56 Å². The zero-order valence-corrected chi connectivity index (χ0v) is 15.3. The van der Waals surface area contributed by atoms with Crippen LogP contribution in [0.4, 0.5) is 5.82 Å². The number of anilines is 1. The van der Waals surface area contributed by atoms with Gasteiger partial charge in [-0.1, -0.05) is 30.3 Å². The van der Waals surface area contributed by atoms with Crippen LogP contribution in [0.2, 0.25) is 0 Å². The number of nitrogen functional groups attached to an aromatic ring is 1. The van der Waals surface area contributed by atoms with Crippen LogP contribution in [0.1, 0.15) is 6.23 Å². The van der Waals surface area contributed by atoms with Crippen molar-refractivity contribution in [3.05, 3.63) is 47.0 Å². The minimum Gasteiger partial charge on any atom is -0.390 e. The quantitative estimate of drug-likeness (QED) is 0.320. The fourth-order valence-corrected chi connectivity index (χ4v) is 3.78. The molecule has 28 heavy (non-hydrogen) atoms. The van der Waals surface area contributed by atoms with Crippen LogP contribution in [0, 0.1) is 0 Å². The van der Waals surface area contributed by atoms with Crippen LogP contribution in [0.5, 0.6) is 0 Å². The van der Waals surface area contributed by atoms with Crippen molar-refractivity contribution >= 4 is 13.4 Å². The number of hydrogen-bond donors (Lipinski definition) is 6. The van der Waals surface area contributed by atoms with E-state index >= 15 is 0 Å². The molecule has 152 valence electrons. The number of benzene rings is 1. The van der Waals surface area contributed by atoms with Crippen LogP contribution in [0.25, 0.3) is 11.1 Å². The molecule has 1 saturated heterocycles. The Kier molecular flexibility index (Phi) is 5.69. The summed E-state index contributed by atoms with van der Waals surface area (Å²) in [7, 11) is -4.60. The number of hydrogen-bond acceptors (Lipinski definition) is 8. The third kappa shape index (κ3) is 4.15. The van der Waals surface area contributed by atoms with Gasteiger partial charge < -0.3 is 35.6 Å². The number of aliphatic hydroxyl groups excluding tert-OH is 3. The minimum absolute atomic E-state index is 0.0430. The summed E-state index contributed by atoms with van der Waals surface area (Å²) in [6.45, 7) is 0. The molecular formula is C16H20N3O8P. The first-order valence-corrected chi connectivity index (χ1v) is 10.1. The van der Waals surface area contributed by atoms with Crippen molar-refractivity contribution in [2.75, 3.05) is 11.9 Å². The average Bonchev–Trinajstić information content (AvgIpc) is 2.90. The van der Waals surface area contributed by atoms with E-state index in [0.717, 1.165) is 4.57 Å². The third-order valence-electron chi connectivity index (χ3n) is 4.42. The molecule has 1 aromatic carbocycles. The third-order valence-corrected chi connectivity index (χ3v) is 5.27. The molecule has 1 aliphatic rings. The Morgan fingerprint density at radius 1 is 1.21 bits per heavy atom. The first-order chi connectivity index (χ1) is 13.1. The monoisotopic (exact) mass is 413 g/mol. The maximum Gasteiger partial charge on any atom is 0.351 e. The van der Waals surface area contributed by atoms with Crippen molar-refractivity contribution < 1.29 is 34.4 Å². The molecule has 0 saturated carbocycles. The van der Waals surface area contributed by atoms with Crippen molar-refractivity contribution in [1.82, 2.24) is 9.55 Å². The van der Waals surface area contributed by atoms with Gasteiger partial charge in [-0.25, -0.2) is 4.79 Å². The highest BCUT2D eigenvalue weighted by molar-refractivity contribution is 7.51. The largest absolute Gasteiger partial charge is 0.390 e. The van der Waals surface area contributed by atoms with Crippen molar-refractivity contribution in [3.63, 3.8) is 0 Å². The maximum atomic E-state index is 12.3. The Morgan fingerprint density at radius 3 is 2.46 bits per heavy atom. The molecular weight excluding hydrogens is 393 g/mol. The lowest BCUT2D eigenvalue weighted by Gasteiger charge is -2.21. The second kappa shape index (κ2) is 7.72. The molecule has 0 unspecified atom stereocenters. The summed E-state index contributed by atoms with van der Waals surface area (Å²) in [5.74, 6) is -0.0430. The second-order valence-electron chi connectivity index (χ2n) is 6.48. The normalized spacial score (nSPS) is 26.3. The summed E-state index contributed by atoms with van der Waals surface area (Å²) in [4.78, 5) is 34.0. The molecule has 5 atom stereocenters. The van der Waals surface area contributed by atoms with Gasteiger partial charge in [0.25, 0.3) is 0 Å². The number of aliphatic hydroxyl groups is 3. The molecule has 1 fully saturated rings. The molecule has 11 nitrogen and oxygen atoms in total. The molecule has 0 radical (unpaired) electrons. The number of aromatic nitrogens is 2. The fraction of sp³-hybridized carbons (Fsp3) is 0.375. The fourth-order valence-electron chi connectivity index (χ4n) is 3.08. The Hall–Kier alpha value is -2.11. The van der Waals surface area contributed by atoms with Crippen molar-refractivity contribution in [1.29, 1.82) is 0 Å². The van der Waals surface area contributed by atoms with Gasteiger partial charge in [0.05, 0.1) is 12.3 Å². The van der Waals surface area contributed by atoms with E-state index in [1.165, 1.54) is 6.20 Å². The molecule has 2 aromatic rings. The molecule has 2 heterocycles. The van der Waals surface area contributed by atoms with E-state index in [2.05, 4.69) is 4.98 Å². The van der Waals surface area contributed by atoms with Crippen LogP contribution in [0.3, 0.4) is 0 Å². The van der Waals surface area contributed by atoms with E-state index in [9.17, 15) is 24.7 Å². The molecule has 1 aromatic heterocycles. The lowest BCUT2D eigenvalue weighted by molar-refractivity contribution is -0.0801. The van der Waals surface area contributed by atoms with Crippen LogP contribution in [-0.4, -0.2) is 65.2 Å². The first kappa shape index (κ1) is 20.6. The zero-order valence-electron chi connectivity index (χ0n) is 14.4. The summed E-state index contributed by atoms with van der Waals surface area (Å²) < 4.78 is 17.4. The van der Waals surface area contributed by atoms with Crippen molar-refractivity contribution in [3.8, 4) is 11.1 Å². The van der Waals surface area contributed by atoms with E-state index in [-0.39, 0.29) is 5.82 Å². The molecule has 0 bridgehead atoms. The van der Waals surface area contributed by atoms with Crippen LogP contribution in [-0.2, 0) is 9.30 Å². The summed E-state index contributed by atoms with van der Waals surface area (Å²) in [5, 5.41) is 30.4. The first-order valence-electron chi connectivity index (χ1n) is 8.27. The van der Waals surface area contributed by atoms with Gasteiger partial charge >= 0.3 is 13.3 Å². The van der Waals surface area contributed by atoms with E-state index in [0.29, 0.717) is 11.1 Å². The van der Waals surface area contributed by atoms with E-state index in [1.807, 2.05) is 0 Å². The van der Waals surface area contributed by atoms with Gasteiger partial charge in [-0.2, -0.15) is 4.98 Å². The lowest BCUT2D eigenvalue weighted by Crippen LogP contribution is -2.40. The Balaban J connectivity index is 1.95. The van der Waals surface area contributed by atoms with Gasteiger partial charge in [-0.3, -0.25) is 9.13 Å². The summed E-state index contributed by atoms with van der Waals surface area (Å²) in [5.41, 5.74) is 5.99. The van der Waals surface area contributed by atoms with Gasteiger partial charge in [0.15, 0.2) is 6.23 Å². The van der Waals surface area contributed by atoms with E-state index < -0.39 is 50.1 Å². The van der Waals surface area contributed by atoms with Crippen LogP contribution >= 0.6 is 7.60 Å². The molecule has 0 aliphatic carbocycles. The topological polar surface area (TPSA) is 188 Å². The molecule has 12 heteroatoms. The van der Waals surface area contributed by atoms with Crippen LogP contribution in [0.15, 0.2) is 41.3 Å². The molecule has 0 amide bonds. The highest BCUT2D eigenvalue weighted by Crippen LogP contribution is 2.39. The maximum absolute atomic E-state index is 12.3. The van der Waals surface area contributed by atoms with Crippen LogP contribution < -0.4 is 11.4 Å². The predicted molar refractivity (Wildman–Crippen MR) is 97.2 cm³/mol. The minimum atomic E-state index is -4.60. The zero-order chi connectivity index (χ0) is 20.6. The predicted octanol–water partition coefficient (Wildman–Crippen LogP) is -1.35. The van der Waals surface area contributed by atoms with Gasteiger partial charge in [0, 0.05) is 11.8 Å². The van der Waals surface area contributed by atoms with Gasteiger partial charge in [0.1, 0.15) is 24.1 Å². The Bertz CT molecular complexity index is 947. The van der Waals surface area contributed by atoms with Crippen molar-refractivity contribution in [2.24, 2.45) is 0 Å². The molecule has 0 spiro atoms. The SMILES string of the molecule is Nc1nc(=O)n([C@@H]2O[C@H]([C@H](O)CP(=O)(O)O)[C@@H](O)[C@H]2O)cc1-c1ccccc1. The molecule has 7 N–H and O–H groups in total. The lowest BCUT2D eigenvalue weighted by atomic mass is 10.1. The van der Waals surface area contributed by atoms with E-state index in [4.69, 9.17) is 20.3 Å². The number of rotatable bonds is 5.